The summed E-state index contributed by atoms with van der Waals surface area (Å²) in [5.74, 6) is 0.174. The summed E-state index contributed by atoms with van der Waals surface area (Å²) in [5.41, 5.74) is 2.06. The lowest BCUT2D eigenvalue weighted by Crippen LogP contribution is -2.36. The number of imide groups is 1. The first kappa shape index (κ1) is 24.7. The third-order valence-electron chi connectivity index (χ3n) is 4.66. The second-order valence-corrected chi connectivity index (χ2v) is 8.67. The molecule has 0 saturated carbocycles. The Morgan fingerprint density at radius 1 is 1.12 bits per heavy atom. The van der Waals surface area contributed by atoms with E-state index in [1.54, 1.807) is 42.5 Å². The minimum Gasteiger partial charge on any atom is -0.490 e. The van der Waals surface area contributed by atoms with E-state index in [1.165, 1.54) is 0 Å². The van der Waals surface area contributed by atoms with E-state index in [-0.39, 0.29) is 11.4 Å². The van der Waals surface area contributed by atoms with Crippen LogP contribution in [0.5, 0.6) is 11.5 Å². The summed E-state index contributed by atoms with van der Waals surface area (Å²) in [6, 6.07) is 10.4. The highest BCUT2D eigenvalue weighted by atomic mass is 35.5. The fourth-order valence-electron chi connectivity index (χ4n) is 3.02. The molecule has 1 fully saturated rings. The van der Waals surface area contributed by atoms with Crippen LogP contribution < -0.4 is 14.8 Å². The van der Waals surface area contributed by atoms with Gasteiger partial charge in [0.2, 0.25) is 5.91 Å². The van der Waals surface area contributed by atoms with Crippen LogP contribution >= 0.6 is 23.4 Å². The summed E-state index contributed by atoms with van der Waals surface area (Å²) in [5, 5.41) is 2.67. The van der Waals surface area contributed by atoms with E-state index in [1.807, 2.05) is 20.8 Å². The van der Waals surface area contributed by atoms with Crippen LogP contribution in [0.4, 0.5) is 10.5 Å². The molecule has 174 valence electrons. The summed E-state index contributed by atoms with van der Waals surface area (Å²) in [4.78, 5) is 38.7. The monoisotopic (exact) mass is 488 g/mol. The number of nitrogens with one attached hydrogen (secondary N) is 1. The lowest BCUT2D eigenvalue weighted by molar-refractivity contribution is -0.127. The number of ether oxygens (including phenoxy) is 2. The predicted molar refractivity (Wildman–Crippen MR) is 131 cm³/mol. The number of thioether (sulfide) groups is 1. The van der Waals surface area contributed by atoms with E-state index < -0.39 is 17.1 Å². The lowest BCUT2D eigenvalue weighted by Gasteiger charge is -2.13. The average molecular weight is 489 g/mol. The number of nitrogens with zero attached hydrogens (tertiary/aromatic N) is 1. The van der Waals surface area contributed by atoms with Crippen molar-refractivity contribution < 1.29 is 23.9 Å². The first-order chi connectivity index (χ1) is 15.8. The van der Waals surface area contributed by atoms with E-state index in [4.69, 9.17) is 21.1 Å². The van der Waals surface area contributed by atoms with Gasteiger partial charge in [-0.3, -0.25) is 19.3 Å². The molecular formula is C24H25ClN2O5S. The fraction of sp³-hybridized carbons (Fsp3) is 0.292. The molecule has 0 aromatic heterocycles. The summed E-state index contributed by atoms with van der Waals surface area (Å²) >= 11 is 6.87. The molecule has 1 heterocycles. The van der Waals surface area contributed by atoms with Crippen LogP contribution in [0.2, 0.25) is 5.02 Å². The maximum atomic E-state index is 12.8. The van der Waals surface area contributed by atoms with E-state index in [0.29, 0.717) is 41.0 Å². The van der Waals surface area contributed by atoms with Gasteiger partial charge in [0.15, 0.2) is 11.5 Å². The van der Waals surface area contributed by atoms with E-state index in [0.717, 1.165) is 28.6 Å². The first-order valence-electron chi connectivity index (χ1n) is 10.5. The molecule has 33 heavy (non-hydrogen) atoms. The summed E-state index contributed by atoms with van der Waals surface area (Å²) < 4.78 is 11.3. The summed E-state index contributed by atoms with van der Waals surface area (Å²) in [6.45, 7) is 6.38. The largest absolute Gasteiger partial charge is 0.490 e. The Bertz CT molecular complexity index is 1100. The van der Waals surface area contributed by atoms with Gasteiger partial charge in [-0.2, -0.15) is 0 Å². The fourth-order valence-corrected chi connectivity index (χ4v) is 4.04. The second kappa shape index (κ2) is 11.2. The predicted octanol–water partition coefficient (Wildman–Crippen LogP) is 5.51. The Kier molecular flexibility index (Phi) is 8.41. The molecule has 1 saturated heterocycles. The molecule has 2 aromatic carbocycles. The highest BCUT2D eigenvalue weighted by Gasteiger charge is 2.36. The molecule has 0 aliphatic carbocycles. The van der Waals surface area contributed by atoms with E-state index in [9.17, 15) is 14.4 Å². The first-order valence-corrected chi connectivity index (χ1v) is 11.7. The number of carbonyl (C=O) groups excluding carboxylic acids is 3. The molecule has 0 atom stereocenters. The molecule has 9 heteroatoms. The van der Waals surface area contributed by atoms with Gasteiger partial charge in [0, 0.05) is 10.7 Å². The van der Waals surface area contributed by atoms with Crippen LogP contribution in [0.1, 0.15) is 31.4 Å². The number of anilines is 1. The molecule has 0 spiro atoms. The molecule has 3 amide bonds. The Hall–Kier alpha value is -2.97. The van der Waals surface area contributed by atoms with Gasteiger partial charge in [0.05, 0.1) is 18.1 Å². The van der Waals surface area contributed by atoms with Crippen LogP contribution in [0.3, 0.4) is 0 Å². The SMILES string of the molecule is CCCOc1ccc(/C=C2\SC(=O)N(CC(=O)Nc3ccc(C)c(Cl)c3)C2=O)cc1OCC. The second-order valence-electron chi connectivity index (χ2n) is 7.27. The molecule has 1 aliphatic rings. The van der Waals surface area contributed by atoms with Crippen molar-refractivity contribution in [2.24, 2.45) is 0 Å². The quantitative estimate of drug-likeness (QED) is 0.468. The van der Waals surface area contributed by atoms with Gasteiger partial charge in [0.25, 0.3) is 11.1 Å². The summed E-state index contributed by atoms with van der Waals surface area (Å²) in [7, 11) is 0. The lowest BCUT2D eigenvalue weighted by atomic mass is 10.2. The van der Waals surface area contributed by atoms with Crippen LogP contribution in [0.25, 0.3) is 6.08 Å². The molecule has 0 radical (unpaired) electrons. The van der Waals surface area contributed by atoms with Crippen molar-refractivity contribution in [1.29, 1.82) is 0 Å². The van der Waals surface area contributed by atoms with Gasteiger partial charge in [0.1, 0.15) is 6.54 Å². The van der Waals surface area contributed by atoms with Gasteiger partial charge < -0.3 is 14.8 Å². The van der Waals surface area contributed by atoms with Crippen molar-refractivity contribution in [2.45, 2.75) is 27.2 Å². The standard InChI is InChI=1S/C24H25ClN2O5S/c1-4-10-32-19-9-7-16(11-20(19)31-5-2)12-21-23(29)27(24(30)33-21)14-22(28)26-17-8-6-15(3)18(25)13-17/h6-9,11-13H,4-5,10,14H2,1-3H3,(H,26,28)/b21-12-. The Morgan fingerprint density at radius 3 is 2.61 bits per heavy atom. The molecule has 1 N–H and O–H groups in total. The number of amides is 3. The Labute approximate surface area is 202 Å². The molecule has 0 unspecified atom stereocenters. The van der Waals surface area contributed by atoms with Gasteiger partial charge in [-0.1, -0.05) is 30.7 Å². The van der Waals surface area contributed by atoms with Crippen LogP contribution in [-0.2, 0) is 9.59 Å². The highest BCUT2D eigenvalue weighted by molar-refractivity contribution is 8.18. The minimum absolute atomic E-state index is 0.232. The maximum absolute atomic E-state index is 12.8. The zero-order chi connectivity index (χ0) is 24.0. The number of halogens is 1. The van der Waals surface area contributed by atoms with Crippen LogP contribution in [-0.4, -0.2) is 41.7 Å². The van der Waals surface area contributed by atoms with Gasteiger partial charge in [-0.25, -0.2) is 0 Å². The number of rotatable bonds is 9. The zero-order valence-electron chi connectivity index (χ0n) is 18.6. The third-order valence-corrected chi connectivity index (χ3v) is 5.97. The molecule has 1 aliphatic heterocycles. The van der Waals surface area contributed by atoms with Crippen LogP contribution in [0.15, 0.2) is 41.3 Å². The van der Waals surface area contributed by atoms with E-state index in [2.05, 4.69) is 5.32 Å². The van der Waals surface area contributed by atoms with Crippen molar-refractivity contribution >= 4 is 52.2 Å². The Balaban J connectivity index is 1.71. The highest BCUT2D eigenvalue weighted by Crippen LogP contribution is 2.34. The minimum atomic E-state index is -0.522. The van der Waals surface area contributed by atoms with Crippen molar-refractivity contribution in [3.05, 3.63) is 57.5 Å². The maximum Gasteiger partial charge on any atom is 0.294 e. The van der Waals surface area contributed by atoms with Gasteiger partial charge >= 0.3 is 0 Å². The van der Waals surface area contributed by atoms with Gasteiger partial charge in [-0.05, 0) is 73.5 Å². The number of carbonyl (C=O) groups is 3. The van der Waals surface area contributed by atoms with Crippen molar-refractivity contribution in [3.8, 4) is 11.5 Å². The number of hydrogen-bond acceptors (Lipinski definition) is 6. The molecule has 3 rings (SSSR count). The van der Waals surface area contributed by atoms with E-state index >= 15 is 0 Å². The molecule has 2 aromatic rings. The van der Waals surface area contributed by atoms with Crippen molar-refractivity contribution in [1.82, 2.24) is 4.90 Å². The normalized spacial score (nSPS) is 14.7. The summed E-state index contributed by atoms with van der Waals surface area (Å²) in [6.07, 6.45) is 2.47. The average Bonchev–Trinajstić information content (AvgIpc) is 3.03. The van der Waals surface area contributed by atoms with Crippen molar-refractivity contribution in [3.63, 3.8) is 0 Å². The zero-order valence-corrected chi connectivity index (χ0v) is 20.2. The smallest absolute Gasteiger partial charge is 0.294 e. The molecule has 0 bridgehead atoms. The molecular weight excluding hydrogens is 464 g/mol. The van der Waals surface area contributed by atoms with Crippen LogP contribution in [0, 0.1) is 6.92 Å². The van der Waals surface area contributed by atoms with Gasteiger partial charge in [-0.15, -0.1) is 0 Å². The Morgan fingerprint density at radius 2 is 1.91 bits per heavy atom. The topological polar surface area (TPSA) is 84.9 Å². The number of hydrogen-bond donors (Lipinski definition) is 1. The number of benzene rings is 2. The van der Waals surface area contributed by atoms with Crippen molar-refractivity contribution in [2.75, 3.05) is 25.1 Å². The third kappa shape index (κ3) is 6.30. The molecule has 7 nitrogen and oxygen atoms in total. The number of aryl methyl sites for hydroxylation is 1.